The maximum atomic E-state index is 10.7. The average Bonchev–Trinajstić information content (AvgIpc) is 2.46. The summed E-state index contributed by atoms with van der Waals surface area (Å²) in [5.74, 6) is 0.424. The lowest BCUT2D eigenvalue weighted by Crippen LogP contribution is -2.21. The lowest BCUT2D eigenvalue weighted by molar-refractivity contribution is 0.112. The molecule has 2 aromatic rings. The first-order valence-electron chi connectivity index (χ1n) is 5.98. The first-order valence-corrected chi connectivity index (χ1v) is 5.98. The minimum Gasteiger partial charge on any atom is -0.509 e. The topological polar surface area (TPSA) is 76.0 Å². The fourth-order valence-electron chi connectivity index (χ4n) is 1.66. The van der Waals surface area contributed by atoms with Crippen molar-refractivity contribution in [2.45, 2.75) is 6.61 Å². The molecule has 0 aromatic heterocycles. The van der Waals surface area contributed by atoms with Gasteiger partial charge in [0, 0.05) is 5.56 Å². The molecule has 2 aromatic carbocycles. The molecule has 0 unspecified atom stereocenters. The van der Waals surface area contributed by atoms with Crippen LogP contribution in [0.15, 0.2) is 48.5 Å². The van der Waals surface area contributed by atoms with Crippen LogP contribution in [0, 0.1) is 0 Å². The largest absolute Gasteiger partial charge is 0.707 e. The summed E-state index contributed by atoms with van der Waals surface area (Å²) in [7, 11) is -1.98. The van der Waals surface area contributed by atoms with Crippen LogP contribution in [0.2, 0.25) is 0 Å². The Bertz CT molecular complexity index is 571. The van der Waals surface area contributed by atoms with E-state index in [1.807, 2.05) is 30.3 Å². The molecule has 0 aliphatic rings. The van der Waals surface area contributed by atoms with Gasteiger partial charge in [0.25, 0.3) is 0 Å². The van der Waals surface area contributed by atoms with Gasteiger partial charge in [-0.3, -0.25) is 4.79 Å². The minimum atomic E-state index is -1.98. The van der Waals surface area contributed by atoms with Crippen molar-refractivity contribution in [3.05, 3.63) is 59.7 Å². The number of carbonyl (C=O) groups is 1. The molecule has 2 N–H and O–H groups in total. The van der Waals surface area contributed by atoms with E-state index in [1.165, 1.54) is 6.07 Å². The van der Waals surface area contributed by atoms with Crippen molar-refractivity contribution in [2.24, 2.45) is 0 Å². The molecule has 0 aliphatic carbocycles. The molecule has 6 heteroatoms. The molecule has 0 amide bonds. The molecule has 0 aliphatic heterocycles. The molecule has 2 rings (SSSR count). The van der Waals surface area contributed by atoms with Crippen LogP contribution in [-0.2, 0) is 6.61 Å². The Morgan fingerprint density at radius 2 is 1.80 bits per heavy atom. The quantitative estimate of drug-likeness (QED) is 0.614. The predicted molar refractivity (Wildman–Crippen MR) is 73.4 cm³/mol. The monoisotopic (exact) mass is 272 g/mol. The van der Waals surface area contributed by atoms with Crippen LogP contribution in [0.1, 0.15) is 15.9 Å². The normalized spacial score (nSPS) is 9.90. The van der Waals surface area contributed by atoms with E-state index in [0.717, 1.165) is 5.56 Å². The van der Waals surface area contributed by atoms with Crippen molar-refractivity contribution in [3.8, 4) is 11.5 Å². The third-order valence-corrected chi connectivity index (χ3v) is 2.57. The molecule has 0 heterocycles. The number of carbonyl (C=O) groups excluding carboxylic acids is 1. The van der Waals surface area contributed by atoms with Crippen LogP contribution in [-0.4, -0.2) is 23.7 Å². The van der Waals surface area contributed by atoms with Crippen molar-refractivity contribution in [2.75, 3.05) is 0 Å². The number of hydrogen-bond donors (Lipinski definition) is 2. The van der Waals surface area contributed by atoms with Crippen LogP contribution in [0.4, 0.5) is 0 Å². The van der Waals surface area contributed by atoms with Gasteiger partial charge in [-0.1, -0.05) is 30.3 Å². The summed E-state index contributed by atoms with van der Waals surface area (Å²) in [6, 6.07) is 14.0. The highest BCUT2D eigenvalue weighted by atomic mass is 16.6. The lowest BCUT2D eigenvalue weighted by atomic mass is 10.2. The van der Waals surface area contributed by atoms with Crippen molar-refractivity contribution in [1.82, 2.24) is 0 Å². The van der Waals surface area contributed by atoms with Gasteiger partial charge in [0.1, 0.15) is 18.6 Å². The Morgan fingerprint density at radius 3 is 2.45 bits per heavy atom. The van der Waals surface area contributed by atoms with E-state index in [4.69, 9.17) is 19.4 Å². The van der Waals surface area contributed by atoms with Crippen molar-refractivity contribution < 1.29 is 24.2 Å². The summed E-state index contributed by atoms with van der Waals surface area (Å²) in [4.78, 5) is 10.7. The molecule has 0 atom stereocenters. The predicted octanol–water partition coefficient (Wildman–Crippen LogP) is 1.43. The fraction of sp³-hybridized carbons (Fsp3) is 0.0714. The Kier molecular flexibility index (Phi) is 4.76. The molecule has 0 saturated heterocycles. The van der Waals surface area contributed by atoms with Gasteiger partial charge in [0.2, 0.25) is 0 Å². The molecular formula is C14H13BO5. The molecular weight excluding hydrogens is 259 g/mol. The molecule has 102 valence electrons. The van der Waals surface area contributed by atoms with E-state index in [0.29, 0.717) is 24.2 Å². The lowest BCUT2D eigenvalue weighted by Gasteiger charge is -2.13. The minimum absolute atomic E-state index is 0.0977. The summed E-state index contributed by atoms with van der Waals surface area (Å²) in [6.45, 7) is 0.305. The Labute approximate surface area is 116 Å². The summed E-state index contributed by atoms with van der Waals surface area (Å²) in [5, 5.41) is 17.7. The number of hydrogen-bond acceptors (Lipinski definition) is 5. The molecule has 5 nitrogen and oxygen atoms in total. The summed E-state index contributed by atoms with van der Waals surface area (Å²) >= 11 is 0. The van der Waals surface area contributed by atoms with Crippen molar-refractivity contribution in [1.29, 1.82) is 0 Å². The van der Waals surface area contributed by atoms with Crippen molar-refractivity contribution >= 4 is 13.6 Å². The van der Waals surface area contributed by atoms with Crippen LogP contribution in [0.3, 0.4) is 0 Å². The number of ether oxygens (including phenoxy) is 1. The number of benzene rings is 2. The van der Waals surface area contributed by atoms with E-state index < -0.39 is 7.32 Å². The zero-order chi connectivity index (χ0) is 14.4. The van der Waals surface area contributed by atoms with Gasteiger partial charge in [-0.05, 0) is 23.8 Å². The standard InChI is InChI=1S/C14H13BO5/c16-9-12-6-7-13(14(8-12)20-15(17)18)19-10-11-4-2-1-3-5-11/h1-9,17-18H,10H2. The van der Waals surface area contributed by atoms with Gasteiger partial charge in [-0.25, -0.2) is 0 Å². The van der Waals surface area contributed by atoms with E-state index >= 15 is 0 Å². The van der Waals surface area contributed by atoms with Gasteiger partial charge in [0.05, 0.1) is 0 Å². The second-order valence-electron chi connectivity index (χ2n) is 4.04. The van der Waals surface area contributed by atoms with E-state index in [-0.39, 0.29) is 5.75 Å². The highest BCUT2D eigenvalue weighted by Gasteiger charge is 2.16. The van der Waals surface area contributed by atoms with Crippen LogP contribution in [0.5, 0.6) is 11.5 Å². The van der Waals surface area contributed by atoms with Gasteiger partial charge in [0.15, 0.2) is 5.75 Å². The second-order valence-corrected chi connectivity index (χ2v) is 4.04. The zero-order valence-electron chi connectivity index (χ0n) is 10.6. The molecule has 0 spiro atoms. The Morgan fingerprint density at radius 1 is 1.05 bits per heavy atom. The smallest absolute Gasteiger partial charge is 0.509 e. The number of rotatable bonds is 6. The SMILES string of the molecule is O=Cc1ccc(OCc2ccccc2)c(OB(O)O)c1. The molecule has 0 fully saturated rings. The first kappa shape index (κ1) is 14.1. The third-order valence-electron chi connectivity index (χ3n) is 2.57. The summed E-state index contributed by atoms with van der Waals surface area (Å²) in [6.07, 6.45) is 0.636. The third kappa shape index (κ3) is 3.84. The fourth-order valence-corrected chi connectivity index (χ4v) is 1.66. The highest BCUT2D eigenvalue weighted by molar-refractivity contribution is 6.33. The molecule has 0 radical (unpaired) electrons. The molecule has 20 heavy (non-hydrogen) atoms. The van der Waals surface area contributed by atoms with Gasteiger partial charge in [-0.15, -0.1) is 0 Å². The van der Waals surface area contributed by atoms with E-state index in [9.17, 15) is 4.79 Å². The maximum absolute atomic E-state index is 10.7. The van der Waals surface area contributed by atoms with Gasteiger partial charge < -0.3 is 19.4 Å². The first-order chi connectivity index (χ1) is 9.69. The Hall–Kier alpha value is -2.31. The molecule has 0 bridgehead atoms. The Balaban J connectivity index is 2.15. The van der Waals surface area contributed by atoms with Crippen molar-refractivity contribution in [3.63, 3.8) is 0 Å². The highest BCUT2D eigenvalue weighted by Crippen LogP contribution is 2.29. The van der Waals surface area contributed by atoms with Crippen LogP contribution in [0.25, 0.3) is 0 Å². The number of aldehydes is 1. The van der Waals surface area contributed by atoms with E-state index in [1.54, 1.807) is 12.1 Å². The summed E-state index contributed by atoms with van der Waals surface area (Å²) in [5.41, 5.74) is 1.31. The molecule has 0 saturated carbocycles. The van der Waals surface area contributed by atoms with E-state index in [2.05, 4.69) is 0 Å². The second kappa shape index (κ2) is 6.74. The van der Waals surface area contributed by atoms with Gasteiger partial charge >= 0.3 is 7.32 Å². The van der Waals surface area contributed by atoms with Crippen LogP contribution >= 0.6 is 0 Å². The average molecular weight is 272 g/mol. The summed E-state index contributed by atoms with van der Waals surface area (Å²) < 4.78 is 10.4. The van der Waals surface area contributed by atoms with Crippen LogP contribution < -0.4 is 9.39 Å². The van der Waals surface area contributed by atoms with Gasteiger partial charge in [-0.2, -0.15) is 0 Å². The maximum Gasteiger partial charge on any atom is 0.707 e. The zero-order valence-corrected chi connectivity index (χ0v) is 10.6.